The lowest BCUT2D eigenvalue weighted by Crippen LogP contribution is -1.75. The molecule has 0 aromatic carbocycles. The van der Waals surface area contributed by atoms with Gasteiger partial charge < -0.3 is 0 Å². The molecule has 0 N–H and O–H groups in total. The van der Waals surface area contributed by atoms with Crippen LogP contribution in [-0.2, 0) is 4.79 Å². The first-order valence-electron chi connectivity index (χ1n) is 4.50. The van der Waals surface area contributed by atoms with Crippen molar-refractivity contribution in [3.63, 3.8) is 0 Å². The van der Waals surface area contributed by atoms with Crippen LogP contribution in [-0.4, -0.2) is 6.29 Å². The van der Waals surface area contributed by atoms with Crippen LogP contribution >= 0.6 is 0 Å². The first-order chi connectivity index (χ1) is 6.16. The van der Waals surface area contributed by atoms with Gasteiger partial charge in [-0.15, -0.1) is 0 Å². The van der Waals surface area contributed by atoms with E-state index >= 15 is 0 Å². The highest BCUT2D eigenvalue weighted by Gasteiger charge is 1.86. The molecule has 0 rings (SSSR count). The summed E-state index contributed by atoms with van der Waals surface area (Å²) < 4.78 is 0. The lowest BCUT2D eigenvalue weighted by Gasteiger charge is -1.95. The largest absolute Gasteiger partial charge is 0.286 e. The van der Waals surface area contributed by atoms with E-state index in [-0.39, 0.29) is 0 Å². The van der Waals surface area contributed by atoms with Crippen LogP contribution in [0.1, 0.15) is 33.6 Å². The molecule has 0 atom stereocenters. The molecule has 0 saturated carbocycles. The summed E-state index contributed by atoms with van der Waals surface area (Å²) in [6.07, 6.45) is 11.1. The third-order valence-electron chi connectivity index (χ3n) is 1.64. The van der Waals surface area contributed by atoms with Crippen molar-refractivity contribution in [1.29, 1.82) is 0 Å². The third-order valence-corrected chi connectivity index (χ3v) is 1.64. The predicted octanol–water partition coefficient (Wildman–Crippen LogP) is 3.35. The Labute approximate surface area is 80.8 Å². The molecule has 0 aromatic heterocycles. The molecular weight excluding hydrogens is 160 g/mol. The van der Waals surface area contributed by atoms with Gasteiger partial charge in [-0.1, -0.05) is 29.4 Å². The molecule has 0 aliphatic rings. The summed E-state index contributed by atoms with van der Waals surface area (Å²) in [5.41, 5.74) is 2.63. The zero-order chi connectivity index (χ0) is 10.1. The monoisotopic (exact) mass is 177 g/mol. The average molecular weight is 177 g/mol. The molecule has 0 saturated heterocycles. The van der Waals surface area contributed by atoms with Gasteiger partial charge in [0, 0.05) is 0 Å². The Kier molecular flexibility index (Phi) is 6.89. The lowest BCUT2D eigenvalue weighted by atomic mass is 10.1. The van der Waals surface area contributed by atoms with E-state index in [0.717, 1.165) is 12.8 Å². The highest BCUT2D eigenvalue weighted by molar-refractivity contribution is 5.66. The number of hydrogen-bond acceptors (Lipinski definition) is 1. The fourth-order valence-electron chi connectivity index (χ4n) is 0.924. The fourth-order valence-corrected chi connectivity index (χ4v) is 0.924. The van der Waals surface area contributed by atoms with Gasteiger partial charge in [-0.3, -0.25) is 4.79 Å². The summed E-state index contributed by atoms with van der Waals surface area (Å²) in [5.74, 6) is 0. The van der Waals surface area contributed by atoms with Crippen molar-refractivity contribution >= 4 is 6.29 Å². The Hall–Kier alpha value is -1.11. The highest BCUT2D eigenvalue weighted by atomic mass is 16.1. The molecule has 0 amide bonds. The van der Waals surface area contributed by atoms with E-state index in [9.17, 15) is 4.79 Å². The molecule has 0 spiro atoms. The normalized spacial score (nSPS) is 11.8. The maximum absolute atomic E-state index is 9.84. The molecule has 13 heavy (non-hydrogen) atoms. The van der Waals surface area contributed by atoms with Crippen molar-refractivity contribution in [1.82, 2.24) is 0 Å². The molecule has 0 aliphatic carbocycles. The average Bonchev–Trinajstić information content (AvgIpc) is 2.04. The number of hydrogen-bond donors (Lipinski definition) is 0. The molecule has 0 unspecified atom stereocenters. The predicted molar refractivity (Wildman–Crippen MR) is 57.3 cm³/mol. The maximum Gasteiger partial charge on any atom is 0.225 e. The van der Waals surface area contributed by atoms with Crippen molar-refractivity contribution in [3.8, 4) is 0 Å². The van der Waals surface area contributed by atoms with Crippen LogP contribution in [0.2, 0.25) is 0 Å². The summed E-state index contributed by atoms with van der Waals surface area (Å²) >= 11 is 0. The van der Waals surface area contributed by atoms with Crippen LogP contribution in [0.15, 0.2) is 35.5 Å². The zero-order valence-corrected chi connectivity index (χ0v) is 8.63. The van der Waals surface area contributed by atoms with Gasteiger partial charge in [0.2, 0.25) is 6.29 Å². The minimum atomic E-state index is 1.05. The Morgan fingerprint density at radius 2 is 2.00 bits per heavy atom. The third kappa shape index (κ3) is 8.80. The van der Waals surface area contributed by atoms with E-state index in [4.69, 9.17) is 0 Å². The Balaban J connectivity index is 3.79. The first-order valence-corrected chi connectivity index (χ1v) is 4.50. The van der Waals surface area contributed by atoms with E-state index in [1.54, 1.807) is 12.4 Å². The Bertz CT molecular complexity index is 228. The Morgan fingerprint density at radius 3 is 2.54 bits per heavy atom. The smallest absolute Gasteiger partial charge is 0.225 e. The molecule has 1 nitrogen and oxygen atoms in total. The molecule has 0 heterocycles. The van der Waals surface area contributed by atoms with Crippen molar-refractivity contribution in [2.24, 2.45) is 0 Å². The van der Waals surface area contributed by atoms with Crippen LogP contribution < -0.4 is 0 Å². The van der Waals surface area contributed by atoms with Gasteiger partial charge in [-0.2, -0.15) is 0 Å². The zero-order valence-electron chi connectivity index (χ0n) is 8.63. The molecule has 0 aliphatic heterocycles. The quantitative estimate of drug-likeness (QED) is 0.357. The Morgan fingerprint density at radius 1 is 1.31 bits per heavy atom. The molecule has 1 radical (unpaired) electrons. The standard InChI is InChI=1S/C12H17O/c1-11(2)7-6-9-12(3)8-4-5-10-13/h4-5,7-8H,6,9H2,1-3H3/b5-4+,12-8+. The van der Waals surface area contributed by atoms with Gasteiger partial charge >= 0.3 is 0 Å². The maximum atomic E-state index is 9.84. The molecule has 1 heteroatoms. The van der Waals surface area contributed by atoms with Crippen LogP contribution in [0, 0.1) is 0 Å². The van der Waals surface area contributed by atoms with Gasteiger partial charge in [-0.25, -0.2) is 0 Å². The number of carbonyl (C=O) groups excluding carboxylic acids is 1. The van der Waals surface area contributed by atoms with Gasteiger partial charge in [0.15, 0.2) is 0 Å². The fraction of sp³-hybridized carbons (Fsp3) is 0.417. The van der Waals surface area contributed by atoms with E-state index in [0.29, 0.717) is 0 Å². The van der Waals surface area contributed by atoms with Gasteiger partial charge in [-0.05, 0) is 39.7 Å². The van der Waals surface area contributed by atoms with Crippen LogP contribution in [0.25, 0.3) is 0 Å². The van der Waals surface area contributed by atoms with Crippen LogP contribution in [0.4, 0.5) is 0 Å². The topological polar surface area (TPSA) is 17.1 Å². The van der Waals surface area contributed by atoms with Crippen molar-refractivity contribution in [3.05, 3.63) is 35.5 Å². The van der Waals surface area contributed by atoms with E-state index in [2.05, 4.69) is 26.8 Å². The molecule has 0 fully saturated rings. The van der Waals surface area contributed by atoms with Gasteiger partial charge in [0.05, 0.1) is 0 Å². The molecular formula is C12H17O. The number of allylic oxidation sites excluding steroid dienone is 6. The van der Waals surface area contributed by atoms with E-state index in [1.807, 2.05) is 6.08 Å². The van der Waals surface area contributed by atoms with Crippen molar-refractivity contribution in [2.45, 2.75) is 33.6 Å². The summed E-state index contributed by atoms with van der Waals surface area (Å²) in [6, 6.07) is 0. The van der Waals surface area contributed by atoms with Gasteiger partial charge in [0.1, 0.15) is 0 Å². The number of rotatable bonds is 5. The SMILES string of the molecule is CC(C)=CCC/C(C)=C/C=C/[C]=O. The van der Waals surface area contributed by atoms with Crippen molar-refractivity contribution < 1.29 is 4.79 Å². The van der Waals surface area contributed by atoms with E-state index < -0.39 is 0 Å². The summed E-state index contributed by atoms with van der Waals surface area (Å²) in [6.45, 7) is 6.26. The van der Waals surface area contributed by atoms with Crippen LogP contribution in [0.3, 0.4) is 0 Å². The minimum absolute atomic E-state index is 1.05. The van der Waals surface area contributed by atoms with Crippen LogP contribution in [0.5, 0.6) is 0 Å². The summed E-state index contributed by atoms with van der Waals surface area (Å²) in [4.78, 5) is 9.84. The molecule has 0 bridgehead atoms. The second kappa shape index (κ2) is 7.53. The van der Waals surface area contributed by atoms with Crippen molar-refractivity contribution in [2.75, 3.05) is 0 Å². The highest BCUT2D eigenvalue weighted by Crippen LogP contribution is 2.06. The van der Waals surface area contributed by atoms with E-state index in [1.165, 1.54) is 17.2 Å². The van der Waals surface area contributed by atoms with Gasteiger partial charge in [0.25, 0.3) is 0 Å². The minimum Gasteiger partial charge on any atom is -0.286 e. The second-order valence-corrected chi connectivity index (χ2v) is 3.31. The molecule has 71 valence electrons. The first kappa shape index (κ1) is 11.9. The summed E-state index contributed by atoms with van der Waals surface area (Å²) in [7, 11) is 0. The summed E-state index contributed by atoms with van der Waals surface area (Å²) in [5, 5.41) is 0. The molecule has 0 aromatic rings. The second-order valence-electron chi connectivity index (χ2n) is 3.31. The lowest BCUT2D eigenvalue weighted by molar-refractivity contribution is 0.564.